The van der Waals surface area contributed by atoms with E-state index in [0.29, 0.717) is 32.9 Å². The van der Waals surface area contributed by atoms with Crippen LogP contribution in [-0.2, 0) is 12.0 Å². The number of hydrogen-bond acceptors (Lipinski definition) is 4. The molecule has 0 spiro atoms. The second kappa shape index (κ2) is 7.66. The summed E-state index contributed by atoms with van der Waals surface area (Å²) in [5.74, 6) is 1.73. The predicted molar refractivity (Wildman–Crippen MR) is 102 cm³/mol. The molecule has 5 nitrogen and oxygen atoms in total. The lowest BCUT2D eigenvalue weighted by atomic mass is 9.80. The molecule has 0 aliphatic rings. The molecule has 2 N–H and O–H groups in total. The van der Waals surface area contributed by atoms with Crippen LogP contribution in [0.4, 0.5) is 0 Å². The van der Waals surface area contributed by atoms with Crippen molar-refractivity contribution in [3.05, 3.63) is 70.2 Å². The Morgan fingerprint density at radius 1 is 1.12 bits per heavy atom. The lowest BCUT2D eigenvalue weighted by Gasteiger charge is -2.33. The molecule has 3 rings (SSSR count). The van der Waals surface area contributed by atoms with Gasteiger partial charge in [0.2, 0.25) is 0 Å². The summed E-state index contributed by atoms with van der Waals surface area (Å²) in [6, 6.07) is 12.3. The summed E-state index contributed by atoms with van der Waals surface area (Å²) in [5, 5.41) is 19.0. The van der Waals surface area contributed by atoms with Crippen LogP contribution >= 0.6 is 23.2 Å². The molecule has 1 heterocycles. The molecule has 2 aromatic carbocycles. The lowest BCUT2D eigenvalue weighted by molar-refractivity contribution is -0.0116. The first kappa shape index (κ1) is 18.7. The van der Waals surface area contributed by atoms with Crippen molar-refractivity contribution in [1.82, 2.24) is 15.2 Å². The van der Waals surface area contributed by atoms with Crippen molar-refractivity contribution in [3.63, 3.8) is 0 Å². The van der Waals surface area contributed by atoms with Crippen LogP contribution in [0.5, 0.6) is 11.5 Å². The summed E-state index contributed by atoms with van der Waals surface area (Å²) in [6.07, 6.45) is 1.70. The van der Waals surface area contributed by atoms with Gasteiger partial charge >= 0.3 is 0 Å². The van der Waals surface area contributed by atoms with E-state index in [2.05, 4.69) is 15.2 Å². The summed E-state index contributed by atoms with van der Waals surface area (Å²) >= 11 is 12.4. The SMILES string of the molecule is CC(C)C(O)(Cc1ncn[nH]1)c1ccc(Oc2ccc(Cl)cc2)cc1Cl. The topological polar surface area (TPSA) is 71.0 Å². The highest BCUT2D eigenvalue weighted by molar-refractivity contribution is 6.31. The number of aromatic nitrogens is 3. The number of nitrogens with zero attached hydrogens (tertiary/aromatic N) is 2. The number of aliphatic hydroxyl groups is 1. The van der Waals surface area contributed by atoms with Crippen molar-refractivity contribution >= 4 is 23.2 Å². The first-order chi connectivity index (χ1) is 12.4. The molecular formula is C19H19Cl2N3O2. The molecule has 0 aliphatic carbocycles. The van der Waals surface area contributed by atoms with Gasteiger partial charge in [-0.15, -0.1) is 0 Å². The normalized spacial score (nSPS) is 13.6. The van der Waals surface area contributed by atoms with Crippen LogP contribution in [0.1, 0.15) is 25.2 Å². The van der Waals surface area contributed by atoms with Gasteiger partial charge in [-0.3, -0.25) is 5.10 Å². The van der Waals surface area contributed by atoms with Crippen molar-refractivity contribution < 1.29 is 9.84 Å². The van der Waals surface area contributed by atoms with Crippen LogP contribution in [0, 0.1) is 5.92 Å². The average molecular weight is 392 g/mol. The smallest absolute Gasteiger partial charge is 0.137 e. The van der Waals surface area contributed by atoms with Crippen molar-refractivity contribution in [2.24, 2.45) is 5.92 Å². The Labute approximate surface area is 162 Å². The fraction of sp³-hybridized carbons (Fsp3) is 0.263. The summed E-state index contributed by atoms with van der Waals surface area (Å²) in [5.41, 5.74) is -0.566. The average Bonchev–Trinajstić information content (AvgIpc) is 3.09. The van der Waals surface area contributed by atoms with E-state index >= 15 is 0 Å². The van der Waals surface area contributed by atoms with E-state index in [1.807, 2.05) is 13.8 Å². The molecule has 3 aromatic rings. The molecule has 0 amide bonds. The predicted octanol–water partition coefficient (Wildman–Crippen LogP) is 4.99. The quantitative estimate of drug-likeness (QED) is 0.620. The van der Waals surface area contributed by atoms with Gasteiger partial charge in [-0.2, -0.15) is 5.10 Å². The number of aromatic amines is 1. The molecule has 0 aliphatic heterocycles. The zero-order valence-corrected chi connectivity index (χ0v) is 15.9. The minimum Gasteiger partial charge on any atom is -0.457 e. The van der Waals surface area contributed by atoms with Gasteiger partial charge in [0.15, 0.2) is 0 Å². The molecule has 1 aromatic heterocycles. The zero-order valence-electron chi connectivity index (χ0n) is 14.4. The van der Waals surface area contributed by atoms with Crippen molar-refractivity contribution in [1.29, 1.82) is 0 Å². The van der Waals surface area contributed by atoms with Crippen LogP contribution in [0.2, 0.25) is 10.0 Å². The second-order valence-electron chi connectivity index (χ2n) is 6.39. The van der Waals surface area contributed by atoms with Gasteiger partial charge < -0.3 is 9.84 Å². The Hall–Kier alpha value is -2.08. The Bertz CT molecular complexity index is 867. The van der Waals surface area contributed by atoms with Crippen molar-refractivity contribution in [2.45, 2.75) is 25.9 Å². The highest BCUT2D eigenvalue weighted by atomic mass is 35.5. The Morgan fingerprint density at radius 3 is 2.38 bits per heavy atom. The third-order valence-electron chi connectivity index (χ3n) is 4.31. The van der Waals surface area contributed by atoms with Gasteiger partial charge in [-0.05, 0) is 42.3 Å². The molecule has 0 saturated heterocycles. The number of ether oxygens (including phenoxy) is 1. The number of halogens is 2. The number of benzene rings is 2. The fourth-order valence-corrected chi connectivity index (χ4v) is 3.19. The maximum atomic E-state index is 11.3. The molecule has 0 radical (unpaired) electrons. The molecule has 0 fully saturated rings. The highest BCUT2D eigenvalue weighted by Gasteiger charge is 2.36. The summed E-state index contributed by atoms with van der Waals surface area (Å²) in [6.45, 7) is 3.87. The second-order valence-corrected chi connectivity index (χ2v) is 7.23. The molecular weight excluding hydrogens is 373 g/mol. The number of rotatable bonds is 6. The van der Waals surface area contributed by atoms with E-state index in [9.17, 15) is 5.11 Å². The van der Waals surface area contributed by atoms with E-state index in [1.54, 1.807) is 42.5 Å². The van der Waals surface area contributed by atoms with Crippen LogP contribution in [0.15, 0.2) is 48.8 Å². The molecule has 1 atom stereocenters. The Morgan fingerprint density at radius 2 is 1.81 bits per heavy atom. The van der Waals surface area contributed by atoms with E-state index in [4.69, 9.17) is 27.9 Å². The third kappa shape index (κ3) is 4.01. The Balaban J connectivity index is 1.88. The first-order valence-corrected chi connectivity index (χ1v) is 8.94. The van der Waals surface area contributed by atoms with Crippen LogP contribution in [0.3, 0.4) is 0 Å². The molecule has 136 valence electrons. The summed E-state index contributed by atoms with van der Waals surface area (Å²) < 4.78 is 5.79. The number of H-pyrrole nitrogens is 1. The molecule has 7 heteroatoms. The first-order valence-electron chi connectivity index (χ1n) is 8.18. The third-order valence-corrected chi connectivity index (χ3v) is 4.88. The zero-order chi connectivity index (χ0) is 18.7. The fourth-order valence-electron chi connectivity index (χ4n) is 2.73. The van der Waals surface area contributed by atoms with Gasteiger partial charge in [0.1, 0.15) is 29.3 Å². The molecule has 26 heavy (non-hydrogen) atoms. The molecule has 0 bridgehead atoms. The van der Waals surface area contributed by atoms with Crippen LogP contribution in [0.25, 0.3) is 0 Å². The largest absolute Gasteiger partial charge is 0.457 e. The van der Waals surface area contributed by atoms with Crippen molar-refractivity contribution in [2.75, 3.05) is 0 Å². The van der Waals surface area contributed by atoms with Crippen molar-refractivity contribution in [3.8, 4) is 11.5 Å². The summed E-state index contributed by atoms with van der Waals surface area (Å²) in [4.78, 5) is 4.11. The van der Waals surface area contributed by atoms with E-state index < -0.39 is 5.60 Å². The van der Waals surface area contributed by atoms with Gasteiger partial charge in [0.25, 0.3) is 0 Å². The maximum absolute atomic E-state index is 11.3. The van der Waals surface area contributed by atoms with Crippen LogP contribution < -0.4 is 4.74 Å². The minimum atomic E-state index is -1.19. The maximum Gasteiger partial charge on any atom is 0.137 e. The van der Waals surface area contributed by atoms with E-state index in [0.717, 1.165) is 0 Å². The number of hydrogen-bond donors (Lipinski definition) is 2. The minimum absolute atomic E-state index is 0.0897. The highest BCUT2D eigenvalue weighted by Crippen LogP contribution is 2.39. The number of nitrogens with one attached hydrogen (secondary N) is 1. The molecule has 0 saturated carbocycles. The monoisotopic (exact) mass is 391 g/mol. The summed E-state index contributed by atoms with van der Waals surface area (Å²) in [7, 11) is 0. The standard InChI is InChI=1S/C19H19Cl2N3O2/c1-12(2)19(25,10-18-22-11-23-24-18)16-8-7-15(9-17(16)21)26-14-5-3-13(20)4-6-14/h3-9,11-12,25H,10H2,1-2H3,(H,22,23,24). The van der Waals surface area contributed by atoms with Crippen LogP contribution in [-0.4, -0.2) is 20.3 Å². The lowest BCUT2D eigenvalue weighted by Crippen LogP contribution is -2.35. The van der Waals surface area contributed by atoms with Gasteiger partial charge in [0, 0.05) is 17.0 Å². The van der Waals surface area contributed by atoms with Gasteiger partial charge in [0.05, 0.1) is 5.02 Å². The Kier molecular flexibility index (Phi) is 5.51. The van der Waals surface area contributed by atoms with Gasteiger partial charge in [-0.25, -0.2) is 4.98 Å². The van der Waals surface area contributed by atoms with Gasteiger partial charge in [-0.1, -0.05) is 43.1 Å². The van der Waals surface area contributed by atoms with E-state index in [1.165, 1.54) is 6.33 Å². The molecule has 1 unspecified atom stereocenters. The van der Waals surface area contributed by atoms with E-state index in [-0.39, 0.29) is 12.3 Å².